The maximum absolute atomic E-state index is 12.8. The predicted octanol–water partition coefficient (Wildman–Crippen LogP) is 3.03. The highest BCUT2D eigenvalue weighted by molar-refractivity contribution is 6.32. The van der Waals surface area contributed by atoms with Crippen molar-refractivity contribution in [2.75, 3.05) is 39.3 Å². The first-order valence-electron chi connectivity index (χ1n) is 9.38. The van der Waals surface area contributed by atoms with Crippen molar-refractivity contribution in [2.45, 2.75) is 19.8 Å². The quantitative estimate of drug-likeness (QED) is 0.760. The van der Waals surface area contributed by atoms with Crippen molar-refractivity contribution in [3.05, 3.63) is 46.7 Å². The lowest BCUT2D eigenvalue weighted by atomic mass is 10.1. The Morgan fingerprint density at radius 3 is 2.56 bits per heavy atom. The first-order valence-corrected chi connectivity index (χ1v) is 9.76. The van der Waals surface area contributed by atoms with Gasteiger partial charge in [-0.05, 0) is 24.1 Å². The summed E-state index contributed by atoms with van der Waals surface area (Å²) < 4.78 is 7.45. The van der Waals surface area contributed by atoms with Crippen LogP contribution >= 0.6 is 11.6 Å². The lowest BCUT2D eigenvalue weighted by Crippen LogP contribution is -2.49. The SMILES string of the molecule is CC(C)c1cc(C(=O)N2CCN(CCOc3ccccc3Cl)CC2)n(C)n1. The van der Waals surface area contributed by atoms with Gasteiger partial charge in [-0.1, -0.05) is 37.6 Å². The number of halogens is 1. The molecule has 0 radical (unpaired) electrons. The number of carbonyl (C=O) groups is 1. The van der Waals surface area contributed by atoms with Gasteiger partial charge in [-0.2, -0.15) is 5.10 Å². The minimum atomic E-state index is 0.0591. The fourth-order valence-corrected chi connectivity index (χ4v) is 3.35. The molecule has 7 heteroatoms. The molecule has 0 unspecified atom stereocenters. The van der Waals surface area contributed by atoms with E-state index < -0.39 is 0 Å². The lowest BCUT2D eigenvalue weighted by Gasteiger charge is -2.34. The molecule has 2 aromatic rings. The van der Waals surface area contributed by atoms with Gasteiger partial charge in [-0.25, -0.2) is 0 Å². The van der Waals surface area contributed by atoms with Crippen molar-refractivity contribution in [3.8, 4) is 5.75 Å². The van der Waals surface area contributed by atoms with E-state index in [1.54, 1.807) is 4.68 Å². The van der Waals surface area contributed by atoms with E-state index in [1.807, 2.05) is 42.3 Å². The van der Waals surface area contributed by atoms with E-state index in [0.29, 0.717) is 42.1 Å². The van der Waals surface area contributed by atoms with Gasteiger partial charge in [0.25, 0.3) is 5.91 Å². The first-order chi connectivity index (χ1) is 13.0. The van der Waals surface area contributed by atoms with E-state index in [-0.39, 0.29) is 5.91 Å². The van der Waals surface area contributed by atoms with Gasteiger partial charge < -0.3 is 9.64 Å². The lowest BCUT2D eigenvalue weighted by molar-refractivity contribution is 0.0610. The number of ether oxygens (including phenoxy) is 1. The Morgan fingerprint density at radius 1 is 1.22 bits per heavy atom. The van der Waals surface area contributed by atoms with Crippen LogP contribution in [0.15, 0.2) is 30.3 Å². The Bertz CT molecular complexity index is 782. The summed E-state index contributed by atoms with van der Waals surface area (Å²) >= 11 is 6.10. The summed E-state index contributed by atoms with van der Waals surface area (Å²) in [6.07, 6.45) is 0. The third-order valence-electron chi connectivity index (χ3n) is 4.87. The molecule has 6 nitrogen and oxygen atoms in total. The molecule has 1 saturated heterocycles. The third kappa shape index (κ3) is 4.82. The molecule has 1 fully saturated rings. The molecule has 1 aliphatic heterocycles. The van der Waals surface area contributed by atoms with Gasteiger partial charge in [0.05, 0.1) is 10.7 Å². The number of aryl methyl sites for hydroxylation is 1. The van der Waals surface area contributed by atoms with Gasteiger partial charge in [0, 0.05) is 39.8 Å². The Balaban J connectivity index is 1.47. The third-order valence-corrected chi connectivity index (χ3v) is 5.18. The van der Waals surface area contributed by atoms with Crippen LogP contribution in [0.25, 0.3) is 0 Å². The predicted molar refractivity (Wildman–Crippen MR) is 107 cm³/mol. The van der Waals surface area contributed by atoms with Crippen molar-refractivity contribution in [3.63, 3.8) is 0 Å². The fraction of sp³-hybridized carbons (Fsp3) is 0.500. The zero-order valence-corrected chi connectivity index (χ0v) is 16.9. The number of amides is 1. The highest BCUT2D eigenvalue weighted by Crippen LogP contribution is 2.23. The number of aromatic nitrogens is 2. The zero-order chi connectivity index (χ0) is 19.4. The van der Waals surface area contributed by atoms with Crippen molar-refractivity contribution < 1.29 is 9.53 Å². The highest BCUT2D eigenvalue weighted by atomic mass is 35.5. The summed E-state index contributed by atoms with van der Waals surface area (Å²) in [5, 5.41) is 5.08. The summed E-state index contributed by atoms with van der Waals surface area (Å²) in [5.41, 5.74) is 1.62. The number of hydrogen-bond acceptors (Lipinski definition) is 4. The zero-order valence-electron chi connectivity index (χ0n) is 16.2. The van der Waals surface area contributed by atoms with E-state index in [4.69, 9.17) is 16.3 Å². The van der Waals surface area contributed by atoms with Crippen LogP contribution < -0.4 is 4.74 Å². The number of nitrogens with zero attached hydrogens (tertiary/aromatic N) is 4. The highest BCUT2D eigenvalue weighted by Gasteiger charge is 2.25. The normalized spacial score (nSPS) is 15.4. The molecule has 1 aromatic carbocycles. The summed E-state index contributed by atoms with van der Waals surface area (Å²) in [6, 6.07) is 9.41. The number of hydrogen-bond donors (Lipinski definition) is 0. The molecule has 1 aromatic heterocycles. The largest absolute Gasteiger partial charge is 0.491 e. The van der Waals surface area contributed by atoms with Crippen LogP contribution in [-0.4, -0.2) is 64.8 Å². The molecule has 1 aliphatic rings. The number of carbonyl (C=O) groups excluding carboxylic acids is 1. The summed E-state index contributed by atoms with van der Waals surface area (Å²) in [5.74, 6) is 1.08. The molecule has 0 spiro atoms. The Labute approximate surface area is 165 Å². The van der Waals surface area contributed by atoms with E-state index in [0.717, 1.165) is 25.3 Å². The van der Waals surface area contributed by atoms with Gasteiger partial charge >= 0.3 is 0 Å². The molecule has 0 N–H and O–H groups in total. The van der Waals surface area contributed by atoms with Gasteiger partial charge in [0.15, 0.2) is 0 Å². The Kier molecular flexibility index (Phi) is 6.39. The molecule has 2 heterocycles. The molecule has 0 saturated carbocycles. The minimum absolute atomic E-state index is 0.0591. The van der Waals surface area contributed by atoms with Crippen LogP contribution in [0.3, 0.4) is 0 Å². The molecule has 0 atom stereocenters. The number of para-hydroxylation sites is 1. The van der Waals surface area contributed by atoms with Crippen LogP contribution in [0.5, 0.6) is 5.75 Å². The average Bonchev–Trinajstić information content (AvgIpc) is 3.05. The van der Waals surface area contributed by atoms with Gasteiger partial charge in [0.2, 0.25) is 0 Å². The molecular weight excluding hydrogens is 364 g/mol. The molecular formula is C20H27ClN4O2. The van der Waals surface area contributed by atoms with Crippen LogP contribution in [0.1, 0.15) is 35.9 Å². The molecule has 0 bridgehead atoms. The van der Waals surface area contributed by atoms with Gasteiger partial charge in [0.1, 0.15) is 18.1 Å². The number of rotatable bonds is 6. The van der Waals surface area contributed by atoms with Crippen molar-refractivity contribution in [2.24, 2.45) is 7.05 Å². The summed E-state index contributed by atoms with van der Waals surface area (Å²) in [4.78, 5) is 17.0. The topological polar surface area (TPSA) is 50.6 Å². The smallest absolute Gasteiger partial charge is 0.272 e. The van der Waals surface area contributed by atoms with Gasteiger partial charge in [-0.15, -0.1) is 0 Å². The fourth-order valence-electron chi connectivity index (χ4n) is 3.15. The second-order valence-electron chi connectivity index (χ2n) is 7.15. The van der Waals surface area contributed by atoms with Crippen molar-refractivity contribution in [1.29, 1.82) is 0 Å². The molecule has 27 heavy (non-hydrogen) atoms. The molecule has 146 valence electrons. The van der Waals surface area contributed by atoms with E-state index in [2.05, 4.69) is 23.8 Å². The number of benzene rings is 1. The average molecular weight is 391 g/mol. The van der Waals surface area contributed by atoms with Crippen molar-refractivity contribution in [1.82, 2.24) is 19.6 Å². The standard InChI is InChI=1S/C20H27ClN4O2/c1-15(2)17-14-18(23(3)22-17)20(26)25-10-8-24(9-11-25)12-13-27-19-7-5-4-6-16(19)21/h4-7,14-15H,8-13H2,1-3H3. The van der Waals surface area contributed by atoms with Crippen LogP contribution in [0.2, 0.25) is 5.02 Å². The van der Waals surface area contributed by atoms with Crippen molar-refractivity contribution >= 4 is 17.5 Å². The Morgan fingerprint density at radius 2 is 1.93 bits per heavy atom. The maximum atomic E-state index is 12.8. The summed E-state index contributed by atoms with van der Waals surface area (Å²) in [7, 11) is 1.83. The van der Waals surface area contributed by atoms with E-state index >= 15 is 0 Å². The maximum Gasteiger partial charge on any atom is 0.272 e. The Hall–Kier alpha value is -2.05. The van der Waals surface area contributed by atoms with Gasteiger partial charge in [-0.3, -0.25) is 14.4 Å². The summed E-state index contributed by atoms with van der Waals surface area (Å²) in [6.45, 7) is 8.67. The van der Waals surface area contributed by atoms with Crippen LogP contribution in [0.4, 0.5) is 0 Å². The molecule has 3 rings (SSSR count). The number of piperazine rings is 1. The first kappa shape index (κ1) is 19.7. The van der Waals surface area contributed by atoms with Crippen LogP contribution in [0, 0.1) is 0 Å². The van der Waals surface area contributed by atoms with E-state index in [1.165, 1.54) is 0 Å². The molecule has 0 aliphatic carbocycles. The minimum Gasteiger partial charge on any atom is -0.491 e. The second kappa shape index (κ2) is 8.76. The second-order valence-corrected chi connectivity index (χ2v) is 7.55. The molecule has 1 amide bonds. The van der Waals surface area contributed by atoms with E-state index in [9.17, 15) is 4.79 Å². The van der Waals surface area contributed by atoms with Crippen LogP contribution in [-0.2, 0) is 7.05 Å². The monoisotopic (exact) mass is 390 g/mol.